The van der Waals surface area contributed by atoms with Crippen LogP contribution in [-0.2, 0) is 11.3 Å². The predicted octanol–water partition coefficient (Wildman–Crippen LogP) is 1.85. The summed E-state index contributed by atoms with van der Waals surface area (Å²) in [6.07, 6.45) is 0.715. The van der Waals surface area contributed by atoms with Gasteiger partial charge in [0.1, 0.15) is 5.78 Å². The summed E-state index contributed by atoms with van der Waals surface area (Å²) in [6, 6.07) is 10.7. The Morgan fingerprint density at radius 1 is 1.36 bits per heavy atom. The topological polar surface area (TPSA) is 20.3 Å². The Balaban J connectivity index is 2.02. The Morgan fingerprint density at radius 3 is 2.64 bits per heavy atom. The number of ketones is 1. The molecule has 14 heavy (non-hydrogen) atoms. The van der Waals surface area contributed by atoms with Gasteiger partial charge in [-0.1, -0.05) is 30.3 Å². The maximum absolute atomic E-state index is 11.2. The van der Waals surface area contributed by atoms with E-state index in [1.54, 1.807) is 0 Å². The van der Waals surface area contributed by atoms with Crippen LogP contribution >= 0.6 is 0 Å². The number of rotatable bonds is 2. The van der Waals surface area contributed by atoms with Gasteiger partial charge in [0.2, 0.25) is 0 Å². The van der Waals surface area contributed by atoms with Crippen molar-refractivity contribution >= 4 is 5.78 Å². The first-order valence-corrected chi connectivity index (χ1v) is 5.05. The summed E-state index contributed by atoms with van der Waals surface area (Å²) < 4.78 is 0. The maximum Gasteiger partial charge on any atom is 0.148 e. The van der Waals surface area contributed by atoms with Gasteiger partial charge in [0.05, 0.1) is 6.54 Å². The van der Waals surface area contributed by atoms with E-state index < -0.39 is 0 Å². The normalized spacial score (nSPS) is 22.9. The van der Waals surface area contributed by atoms with Crippen LogP contribution in [0.4, 0.5) is 0 Å². The molecule has 1 aliphatic heterocycles. The van der Waals surface area contributed by atoms with Crippen LogP contribution in [0, 0.1) is 0 Å². The summed E-state index contributed by atoms with van der Waals surface area (Å²) in [5.41, 5.74) is 1.29. The smallest absolute Gasteiger partial charge is 0.148 e. The third-order valence-corrected chi connectivity index (χ3v) is 2.75. The van der Waals surface area contributed by atoms with Gasteiger partial charge in [0, 0.05) is 19.0 Å². The molecule has 74 valence electrons. The number of hydrogen-bond acceptors (Lipinski definition) is 2. The van der Waals surface area contributed by atoms with Gasteiger partial charge in [-0.2, -0.15) is 0 Å². The zero-order chi connectivity index (χ0) is 9.97. The SMILES string of the molecule is CC1CC(=O)CN1Cc1ccccc1. The number of carbonyl (C=O) groups is 1. The average molecular weight is 189 g/mol. The third-order valence-electron chi connectivity index (χ3n) is 2.75. The Morgan fingerprint density at radius 2 is 2.07 bits per heavy atom. The van der Waals surface area contributed by atoms with Crippen molar-refractivity contribution in [3.05, 3.63) is 35.9 Å². The molecular formula is C12H15NO. The van der Waals surface area contributed by atoms with E-state index in [0.717, 1.165) is 6.54 Å². The average Bonchev–Trinajstić information content (AvgIpc) is 2.47. The van der Waals surface area contributed by atoms with E-state index in [9.17, 15) is 4.79 Å². The summed E-state index contributed by atoms with van der Waals surface area (Å²) in [4.78, 5) is 13.4. The van der Waals surface area contributed by atoms with Crippen molar-refractivity contribution in [2.75, 3.05) is 6.54 Å². The van der Waals surface area contributed by atoms with Crippen LogP contribution in [0.5, 0.6) is 0 Å². The zero-order valence-electron chi connectivity index (χ0n) is 8.44. The number of hydrogen-bond donors (Lipinski definition) is 0. The molecule has 1 atom stereocenters. The molecule has 0 N–H and O–H groups in total. The highest BCUT2D eigenvalue weighted by Crippen LogP contribution is 2.16. The van der Waals surface area contributed by atoms with Crippen LogP contribution < -0.4 is 0 Å². The highest BCUT2D eigenvalue weighted by molar-refractivity contribution is 5.83. The Bertz CT molecular complexity index is 320. The van der Waals surface area contributed by atoms with Gasteiger partial charge in [-0.3, -0.25) is 9.69 Å². The lowest BCUT2D eigenvalue weighted by molar-refractivity contribution is -0.116. The molecule has 1 aromatic carbocycles. The first-order valence-electron chi connectivity index (χ1n) is 5.05. The summed E-state index contributed by atoms with van der Waals surface area (Å²) in [5, 5.41) is 0. The van der Waals surface area contributed by atoms with E-state index in [1.165, 1.54) is 5.56 Å². The minimum Gasteiger partial charge on any atom is -0.298 e. The second-order valence-electron chi connectivity index (χ2n) is 3.98. The van der Waals surface area contributed by atoms with E-state index in [1.807, 2.05) is 18.2 Å². The van der Waals surface area contributed by atoms with Gasteiger partial charge < -0.3 is 0 Å². The fraction of sp³-hybridized carbons (Fsp3) is 0.417. The van der Waals surface area contributed by atoms with E-state index in [-0.39, 0.29) is 0 Å². The molecule has 1 aliphatic rings. The van der Waals surface area contributed by atoms with Crippen LogP contribution in [0.2, 0.25) is 0 Å². The standard InChI is InChI=1S/C12H15NO/c1-10-7-12(14)9-13(10)8-11-5-3-2-4-6-11/h2-6,10H,7-9H2,1H3. The van der Waals surface area contributed by atoms with E-state index >= 15 is 0 Å². The highest BCUT2D eigenvalue weighted by Gasteiger charge is 2.26. The molecule has 2 rings (SSSR count). The van der Waals surface area contributed by atoms with Crippen LogP contribution in [0.3, 0.4) is 0 Å². The van der Waals surface area contributed by atoms with Gasteiger partial charge in [0.15, 0.2) is 0 Å². The molecule has 1 heterocycles. The number of carbonyl (C=O) groups excluding carboxylic acids is 1. The van der Waals surface area contributed by atoms with Gasteiger partial charge in [-0.25, -0.2) is 0 Å². The minimum absolute atomic E-state index is 0.369. The molecule has 0 aromatic heterocycles. The van der Waals surface area contributed by atoms with E-state index in [2.05, 4.69) is 24.0 Å². The van der Waals surface area contributed by atoms with Crippen molar-refractivity contribution in [2.45, 2.75) is 25.9 Å². The summed E-state index contributed by atoms with van der Waals surface area (Å²) in [6.45, 7) is 3.64. The largest absolute Gasteiger partial charge is 0.298 e. The zero-order valence-corrected chi connectivity index (χ0v) is 8.44. The van der Waals surface area contributed by atoms with Crippen molar-refractivity contribution in [1.82, 2.24) is 4.90 Å². The van der Waals surface area contributed by atoms with Crippen molar-refractivity contribution < 1.29 is 4.79 Å². The van der Waals surface area contributed by atoms with Crippen molar-refractivity contribution in [2.24, 2.45) is 0 Å². The van der Waals surface area contributed by atoms with Gasteiger partial charge in [0.25, 0.3) is 0 Å². The molecule has 1 aromatic rings. The molecule has 2 heteroatoms. The van der Waals surface area contributed by atoms with Crippen LogP contribution in [0.1, 0.15) is 18.9 Å². The molecule has 0 amide bonds. The van der Waals surface area contributed by atoms with E-state index in [4.69, 9.17) is 0 Å². The molecular weight excluding hydrogens is 174 g/mol. The second-order valence-corrected chi connectivity index (χ2v) is 3.98. The number of benzene rings is 1. The monoisotopic (exact) mass is 189 g/mol. The maximum atomic E-state index is 11.2. The van der Waals surface area contributed by atoms with E-state index in [0.29, 0.717) is 24.8 Å². The fourth-order valence-corrected chi connectivity index (χ4v) is 1.94. The summed E-state index contributed by atoms with van der Waals surface area (Å²) in [7, 11) is 0. The Labute approximate surface area is 84.5 Å². The lowest BCUT2D eigenvalue weighted by Crippen LogP contribution is -2.26. The molecule has 0 spiro atoms. The number of nitrogens with zero attached hydrogens (tertiary/aromatic N) is 1. The van der Waals surface area contributed by atoms with Gasteiger partial charge >= 0.3 is 0 Å². The molecule has 2 nitrogen and oxygen atoms in total. The number of Topliss-reactive ketones (excluding diaryl/α,β-unsaturated/α-hetero) is 1. The lowest BCUT2D eigenvalue weighted by atomic mass is 10.2. The molecule has 1 unspecified atom stereocenters. The summed E-state index contributed by atoms with van der Waals surface area (Å²) in [5.74, 6) is 0.369. The molecule has 0 radical (unpaired) electrons. The first kappa shape index (κ1) is 9.41. The van der Waals surface area contributed by atoms with Gasteiger partial charge in [-0.15, -0.1) is 0 Å². The Hall–Kier alpha value is -1.15. The number of likely N-dealkylation sites (tertiary alicyclic amines) is 1. The quantitative estimate of drug-likeness (QED) is 0.707. The first-order chi connectivity index (χ1) is 6.75. The third kappa shape index (κ3) is 2.02. The molecule has 1 fully saturated rings. The minimum atomic E-state index is 0.369. The molecule has 0 bridgehead atoms. The second kappa shape index (κ2) is 3.93. The highest BCUT2D eigenvalue weighted by atomic mass is 16.1. The molecule has 0 aliphatic carbocycles. The van der Waals surface area contributed by atoms with Crippen molar-refractivity contribution in [3.63, 3.8) is 0 Å². The van der Waals surface area contributed by atoms with Crippen LogP contribution in [0.15, 0.2) is 30.3 Å². The lowest BCUT2D eigenvalue weighted by Gasteiger charge is -2.19. The van der Waals surface area contributed by atoms with Crippen molar-refractivity contribution in [1.29, 1.82) is 0 Å². The Kier molecular flexibility index (Phi) is 2.64. The van der Waals surface area contributed by atoms with Crippen molar-refractivity contribution in [3.8, 4) is 0 Å². The summed E-state index contributed by atoms with van der Waals surface area (Å²) >= 11 is 0. The molecule has 1 saturated heterocycles. The fourth-order valence-electron chi connectivity index (χ4n) is 1.94. The predicted molar refractivity (Wildman–Crippen MR) is 55.9 cm³/mol. The van der Waals surface area contributed by atoms with Crippen LogP contribution in [-0.4, -0.2) is 23.3 Å². The van der Waals surface area contributed by atoms with Gasteiger partial charge in [-0.05, 0) is 12.5 Å². The molecule has 0 saturated carbocycles. The van der Waals surface area contributed by atoms with Crippen LogP contribution in [0.25, 0.3) is 0 Å².